The Morgan fingerprint density at radius 3 is 2.65 bits per heavy atom. The second kappa shape index (κ2) is 5.96. The van der Waals surface area contributed by atoms with Gasteiger partial charge >= 0.3 is 0 Å². The lowest BCUT2D eigenvalue weighted by atomic mass is 9.99. The van der Waals surface area contributed by atoms with E-state index >= 15 is 0 Å². The first-order chi connectivity index (χ1) is 8.03. The maximum absolute atomic E-state index is 4.42. The highest BCUT2D eigenvalue weighted by Crippen LogP contribution is 2.25. The maximum atomic E-state index is 4.42. The van der Waals surface area contributed by atoms with Crippen molar-refractivity contribution >= 4 is 5.82 Å². The summed E-state index contributed by atoms with van der Waals surface area (Å²) in [6, 6.07) is 0. The van der Waals surface area contributed by atoms with Gasteiger partial charge in [0.1, 0.15) is 12.1 Å². The first-order valence-corrected chi connectivity index (χ1v) is 6.26. The Morgan fingerprint density at radius 2 is 2.06 bits per heavy atom. The van der Waals surface area contributed by atoms with Crippen LogP contribution in [0.4, 0.5) is 5.82 Å². The molecule has 4 nitrogen and oxygen atoms in total. The lowest BCUT2D eigenvalue weighted by molar-refractivity contribution is 0.465. The van der Waals surface area contributed by atoms with Crippen molar-refractivity contribution in [1.82, 2.24) is 15.3 Å². The Bertz CT molecular complexity index is 349. The standard InChI is InChI=1S/C13H24N4/c1-6-13(3,4)17(5)12-11(8-14-7-2)9-15-10-16-12/h9-10,14H,6-8H2,1-5H3. The van der Waals surface area contributed by atoms with Crippen LogP contribution in [0.3, 0.4) is 0 Å². The van der Waals surface area contributed by atoms with E-state index in [4.69, 9.17) is 0 Å². The summed E-state index contributed by atoms with van der Waals surface area (Å²) in [6.07, 6.45) is 4.59. The highest BCUT2D eigenvalue weighted by molar-refractivity contribution is 5.46. The van der Waals surface area contributed by atoms with Crippen molar-refractivity contribution in [2.45, 2.75) is 46.2 Å². The summed E-state index contributed by atoms with van der Waals surface area (Å²) in [5.74, 6) is 1.02. The minimum atomic E-state index is 0.106. The van der Waals surface area contributed by atoms with Crippen LogP contribution in [0, 0.1) is 0 Å². The topological polar surface area (TPSA) is 41.1 Å². The summed E-state index contributed by atoms with van der Waals surface area (Å²) >= 11 is 0. The van der Waals surface area contributed by atoms with Crippen LogP contribution in [0.25, 0.3) is 0 Å². The van der Waals surface area contributed by atoms with Crippen LogP contribution in [-0.2, 0) is 6.54 Å². The monoisotopic (exact) mass is 236 g/mol. The molecule has 0 saturated heterocycles. The number of anilines is 1. The Balaban J connectivity index is 2.96. The van der Waals surface area contributed by atoms with E-state index in [9.17, 15) is 0 Å². The fourth-order valence-electron chi connectivity index (χ4n) is 1.56. The van der Waals surface area contributed by atoms with Gasteiger partial charge in [-0.15, -0.1) is 0 Å². The predicted molar refractivity (Wildman–Crippen MR) is 72.2 cm³/mol. The second-order valence-corrected chi connectivity index (χ2v) is 4.88. The van der Waals surface area contributed by atoms with Crippen LogP contribution in [0.1, 0.15) is 39.7 Å². The van der Waals surface area contributed by atoms with Gasteiger partial charge in [-0.3, -0.25) is 0 Å². The molecule has 0 spiro atoms. The normalized spacial score (nSPS) is 11.6. The molecule has 1 heterocycles. The lowest BCUT2D eigenvalue weighted by Crippen LogP contribution is -2.41. The van der Waals surface area contributed by atoms with Gasteiger partial charge in [0.2, 0.25) is 0 Å². The molecule has 0 unspecified atom stereocenters. The van der Waals surface area contributed by atoms with E-state index in [0.29, 0.717) is 0 Å². The van der Waals surface area contributed by atoms with E-state index < -0.39 is 0 Å². The number of hydrogen-bond acceptors (Lipinski definition) is 4. The smallest absolute Gasteiger partial charge is 0.136 e. The zero-order chi connectivity index (χ0) is 12.9. The van der Waals surface area contributed by atoms with Crippen LogP contribution in [-0.4, -0.2) is 29.1 Å². The van der Waals surface area contributed by atoms with E-state index in [1.165, 1.54) is 0 Å². The molecule has 0 aliphatic carbocycles. The number of rotatable bonds is 6. The third-order valence-corrected chi connectivity index (χ3v) is 3.42. The van der Waals surface area contributed by atoms with Crippen molar-refractivity contribution in [2.24, 2.45) is 0 Å². The molecule has 4 heteroatoms. The van der Waals surface area contributed by atoms with Crippen molar-refractivity contribution in [3.05, 3.63) is 18.1 Å². The maximum Gasteiger partial charge on any atom is 0.136 e. The van der Waals surface area contributed by atoms with Gasteiger partial charge in [-0.2, -0.15) is 0 Å². The SMILES string of the molecule is CCNCc1cncnc1N(C)C(C)(C)CC. The molecule has 0 radical (unpaired) electrons. The molecule has 0 bridgehead atoms. The Kier molecular flexibility index (Phi) is 4.87. The van der Waals surface area contributed by atoms with Crippen LogP contribution < -0.4 is 10.2 Å². The van der Waals surface area contributed by atoms with Crippen molar-refractivity contribution in [3.8, 4) is 0 Å². The number of nitrogens with one attached hydrogen (secondary N) is 1. The zero-order valence-corrected chi connectivity index (χ0v) is 11.6. The first-order valence-electron chi connectivity index (χ1n) is 6.26. The van der Waals surface area contributed by atoms with E-state index in [2.05, 4.69) is 54.9 Å². The average molecular weight is 236 g/mol. The summed E-state index contributed by atoms with van der Waals surface area (Å²) in [5, 5.41) is 3.32. The fourth-order valence-corrected chi connectivity index (χ4v) is 1.56. The van der Waals surface area contributed by atoms with Gasteiger partial charge in [0.15, 0.2) is 0 Å². The van der Waals surface area contributed by atoms with Crippen LogP contribution in [0.15, 0.2) is 12.5 Å². The van der Waals surface area contributed by atoms with Crippen molar-refractivity contribution < 1.29 is 0 Å². The van der Waals surface area contributed by atoms with Gasteiger partial charge in [0.25, 0.3) is 0 Å². The molecule has 0 aliphatic rings. The molecule has 0 fully saturated rings. The minimum Gasteiger partial charge on any atom is -0.354 e. The Morgan fingerprint density at radius 1 is 1.35 bits per heavy atom. The zero-order valence-electron chi connectivity index (χ0n) is 11.6. The summed E-state index contributed by atoms with van der Waals surface area (Å²) in [7, 11) is 2.10. The molecule has 0 aromatic carbocycles. The van der Waals surface area contributed by atoms with Crippen molar-refractivity contribution in [2.75, 3.05) is 18.5 Å². The Hall–Kier alpha value is -1.16. The third-order valence-electron chi connectivity index (χ3n) is 3.42. The molecule has 0 saturated carbocycles. The molecule has 1 rings (SSSR count). The van der Waals surface area contributed by atoms with E-state index in [0.717, 1.165) is 30.9 Å². The molecule has 0 amide bonds. The molecular formula is C13H24N4. The highest BCUT2D eigenvalue weighted by Gasteiger charge is 2.24. The molecule has 17 heavy (non-hydrogen) atoms. The molecular weight excluding hydrogens is 212 g/mol. The molecule has 1 aromatic rings. The molecule has 1 aromatic heterocycles. The second-order valence-electron chi connectivity index (χ2n) is 4.88. The minimum absolute atomic E-state index is 0.106. The third kappa shape index (κ3) is 3.40. The van der Waals surface area contributed by atoms with Gasteiger partial charge in [-0.1, -0.05) is 13.8 Å². The molecule has 1 N–H and O–H groups in total. The van der Waals surface area contributed by atoms with Crippen LogP contribution in [0.5, 0.6) is 0 Å². The lowest BCUT2D eigenvalue weighted by Gasteiger charge is -2.36. The number of nitrogens with zero attached hydrogens (tertiary/aromatic N) is 3. The molecule has 96 valence electrons. The summed E-state index contributed by atoms with van der Waals surface area (Å²) in [4.78, 5) is 10.8. The summed E-state index contributed by atoms with van der Waals surface area (Å²) in [6.45, 7) is 10.5. The van der Waals surface area contributed by atoms with E-state index in [1.54, 1.807) is 6.33 Å². The Labute approximate surface area is 104 Å². The van der Waals surface area contributed by atoms with E-state index in [1.807, 2.05) is 6.20 Å². The molecule has 0 aliphatic heterocycles. The van der Waals surface area contributed by atoms with Gasteiger partial charge in [0, 0.05) is 30.9 Å². The number of hydrogen-bond donors (Lipinski definition) is 1. The highest BCUT2D eigenvalue weighted by atomic mass is 15.2. The quantitative estimate of drug-likeness (QED) is 0.822. The summed E-state index contributed by atoms with van der Waals surface area (Å²) < 4.78 is 0. The average Bonchev–Trinajstić information content (AvgIpc) is 2.35. The van der Waals surface area contributed by atoms with Gasteiger partial charge in [-0.25, -0.2) is 9.97 Å². The van der Waals surface area contributed by atoms with Crippen molar-refractivity contribution in [3.63, 3.8) is 0 Å². The summed E-state index contributed by atoms with van der Waals surface area (Å²) in [5.41, 5.74) is 1.26. The number of aromatic nitrogens is 2. The predicted octanol–water partition coefficient (Wildman–Crippen LogP) is 2.21. The van der Waals surface area contributed by atoms with E-state index in [-0.39, 0.29) is 5.54 Å². The van der Waals surface area contributed by atoms with Gasteiger partial charge in [-0.05, 0) is 26.8 Å². The van der Waals surface area contributed by atoms with Gasteiger partial charge in [0.05, 0.1) is 0 Å². The van der Waals surface area contributed by atoms with Crippen molar-refractivity contribution in [1.29, 1.82) is 0 Å². The van der Waals surface area contributed by atoms with Crippen LogP contribution in [0.2, 0.25) is 0 Å². The van der Waals surface area contributed by atoms with Gasteiger partial charge < -0.3 is 10.2 Å². The van der Waals surface area contributed by atoms with Crippen LogP contribution >= 0.6 is 0 Å². The first kappa shape index (κ1) is 13.9. The fraction of sp³-hybridized carbons (Fsp3) is 0.692. The largest absolute Gasteiger partial charge is 0.354 e. The molecule has 0 atom stereocenters.